The summed E-state index contributed by atoms with van der Waals surface area (Å²) >= 11 is 1.78. The molecule has 0 aliphatic heterocycles. The quantitative estimate of drug-likeness (QED) is 0.648. The zero-order valence-electron chi connectivity index (χ0n) is 9.42. The molecule has 0 aliphatic rings. The maximum Gasteiger partial charge on any atom is 0.00780 e. The van der Waals surface area contributed by atoms with Crippen LogP contribution in [0.2, 0.25) is 0 Å². The first kappa shape index (κ1) is 11.4. The largest absolute Gasteiger partial charge is 0.130 e. The highest BCUT2D eigenvalue weighted by atomic mass is 32.2. The van der Waals surface area contributed by atoms with E-state index in [4.69, 9.17) is 0 Å². The monoisotopic (exact) mass is 206 g/mol. The highest BCUT2D eigenvalue weighted by molar-refractivity contribution is 7.98. The number of benzene rings is 1. The molecule has 0 aromatic heterocycles. The predicted octanol–water partition coefficient (Wildman–Crippen LogP) is 4.35. The van der Waals surface area contributed by atoms with E-state index in [9.17, 15) is 0 Å². The molecule has 0 saturated carbocycles. The lowest BCUT2D eigenvalue weighted by Crippen LogP contribution is -2.11. The Kier molecular flexibility index (Phi) is 3.43. The van der Waals surface area contributed by atoms with E-state index < -0.39 is 0 Å². The van der Waals surface area contributed by atoms with E-state index in [0.717, 1.165) is 0 Å². The summed E-state index contributed by atoms with van der Waals surface area (Å²) in [6.07, 6.45) is 4.02. The van der Waals surface area contributed by atoms with E-state index in [1.54, 1.807) is 11.8 Å². The molecule has 0 saturated heterocycles. The average molecular weight is 206 g/mol. The zero-order valence-corrected chi connectivity index (χ0v) is 10.2. The summed E-state index contributed by atoms with van der Waals surface area (Å²) in [4.78, 5) is 1.31. The van der Waals surface area contributed by atoms with E-state index >= 15 is 0 Å². The van der Waals surface area contributed by atoms with Crippen LogP contribution in [-0.4, -0.2) is 6.26 Å². The third-order valence-electron chi connectivity index (χ3n) is 2.27. The van der Waals surface area contributed by atoms with Crippen LogP contribution in [0.25, 0.3) is 6.08 Å². The Labute approximate surface area is 91.4 Å². The van der Waals surface area contributed by atoms with Crippen LogP contribution in [0.3, 0.4) is 0 Å². The number of hydrogen-bond acceptors (Lipinski definition) is 1. The molecule has 0 nitrogen and oxygen atoms in total. The molecule has 14 heavy (non-hydrogen) atoms. The van der Waals surface area contributed by atoms with E-state index in [0.29, 0.717) is 0 Å². The number of hydrogen-bond donors (Lipinski definition) is 0. The van der Waals surface area contributed by atoms with Crippen molar-refractivity contribution < 1.29 is 0 Å². The Morgan fingerprint density at radius 1 is 1.21 bits per heavy atom. The predicted molar refractivity (Wildman–Crippen MR) is 67.0 cm³/mol. The van der Waals surface area contributed by atoms with Crippen LogP contribution < -0.4 is 0 Å². The van der Waals surface area contributed by atoms with Crippen LogP contribution in [0, 0.1) is 0 Å². The number of thioether (sulfide) groups is 1. The first-order valence-corrected chi connectivity index (χ1v) is 6.02. The highest BCUT2D eigenvalue weighted by Crippen LogP contribution is 2.28. The first-order chi connectivity index (χ1) is 6.47. The third-order valence-corrected chi connectivity index (χ3v) is 2.97. The first-order valence-electron chi connectivity index (χ1n) is 4.79. The molecular formula is C13H18S. The van der Waals surface area contributed by atoms with E-state index in [1.165, 1.54) is 16.0 Å². The average Bonchev–Trinajstić information content (AvgIpc) is 2.15. The van der Waals surface area contributed by atoms with Gasteiger partial charge in [-0.05, 0) is 34.9 Å². The van der Waals surface area contributed by atoms with Crippen LogP contribution in [0.15, 0.2) is 29.7 Å². The van der Waals surface area contributed by atoms with Crippen molar-refractivity contribution in [3.8, 4) is 0 Å². The fourth-order valence-corrected chi connectivity index (χ4v) is 1.79. The maximum absolute atomic E-state index is 3.82. The van der Waals surface area contributed by atoms with E-state index in [2.05, 4.69) is 51.8 Å². The van der Waals surface area contributed by atoms with Crippen LogP contribution in [0.1, 0.15) is 31.9 Å². The topological polar surface area (TPSA) is 0 Å². The van der Waals surface area contributed by atoms with Gasteiger partial charge in [0, 0.05) is 4.90 Å². The van der Waals surface area contributed by atoms with Gasteiger partial charge in [0.15, 0.2) is 0 Å². The van der Waals surface area contributed by atoms with Gasteiger partial charge in [-0.3, -0.25) is 0 Å². The zero-order chi connectivity index (χ0) is 10.8. The van der Waals surface area contributed by atoms with Crippen LogP contribution >= 0.6 is 11.8 Å². The van der Waals surface area contributed by atoms with Gasteiger partial charge in [-0.15, -0.1) is 11.8 Å². The second-order valence-corrected chi connectivity index (χ2v) is 5.33. The van der Waals surface area contributed by atoms with Gasteiger partial charge in [0.1, 0.15) is 0 Å². The fraction of sp³-hybridized carbons (Fsp3) is 0.385. The van der Waals surface area contributed by atoms with Crippen LogP contribution in [0.4, 0.5) is 0 Å². The molecule has 0 amide bonds. The van der Waals surface area contributed by atoms with Crippen molar-refractivity contribution in [2.45, 2.75) is 31.1 Å². The molecule has 0 radical (unpaired) electrons. The minimum Gasteiger partial charge on any atom is -0.130 e. The van der Waals surface area contributed by atoms with Gasteiger partial charge < -0.3 is 0 Å². The molecule has 0 aliphatic carbocycles. The molecule has 76 valence electrons. The molecule has 1 aromatic carbocycles. The van der Waals surface area contributed by atoms with E-state index in [1.807, 2.05) is 6.08 Å². The standard InChI is InChI=1S/C13H18S/c1-6-10-7-11(13(2,3)4)9-12(8-10)14-5/h6-9H,1H2,2-5H3. The summed E-state index contributed by atoms with van der Waals surface area (Å²) in [5.41, 5.74) is 2.80. The third kappa shape index (κ3) is 2.65. The molecule has 1 heteroatoms. The molecular weight excluding hydrogens is 188 g/mol. The highest BCUT2D eigenvalue weighted by Gasteiger charge is 2.14. The summed E-state index contributed by atoms with van der Waals surface area (Å²) in [7, 11) is 0. The lowest BCUT2D eigenvalue weighted by Gasteiger charge is -2.20. The normalized spacial score (nSPS) is 11.4. The van der Waals surface area contributed by atoms with Crippen molar-refractivity contribution in [2.75, 3.05) is 6.26 Å². The lowest BCUT2D eigenvalue weighted by molar-refractivity contribution is 0.588. The van der Waals surface area contributed by atoms with Crippen molar-refractivity contribution in [3.05, 3.63) is 35.9 Å². The van der Waals surface area contributed by atoms with Gasteiger partial charge in [0.05, 0.1) is 0 Å². The number of rotatable bonds is 2. The minimum atomic E-state index is 0.212. The Bertz CT molecular complexity index is 332. The Morgan fingerprint density at radius 3 is 2.29 bits per heavy atom. The summed E-state index contributed by atoms with van der Waals surface area (Å²) in [6.45, 7) is 10.5. The molecule has 1 aromatic rings. The van der Waals surface area contributed by atoms with Gasteiger partial charge in [-0.2, -0.15) is 0 Å². The van der Waals surface area contributed by atoms with Crippen LogP contribution in [0.5, 0.6) is 0 Å². The van der Waals surface area contributed by atoms with Gasteiger partial charge in [0.25, 0.3) is 0 Å². The molecule has 0 atom stereocenters. The summed E-state index contributed by atoms with van der Waals surface area (Å²) in [5.74, 6) is 0. The summed E-state index contributed by atoms with van der Waals surface area (Å²) in [6, 6.07) is 6.65. The Balaban J connectivity index is 3.24. The van der Waals surface area contributed by atoms with Crippen molar-refractivity contribution in [2.24, 2.45) is 0 Å². The van der Waals surface area contributed by atoms with Gasteiger partial charge in [0.2, 0.25) is 0 Å². The second-order valence-electron chi connectivity index (χ2n) is 4.45. The fourth-order valence-electron chi connectivity index (χ4n) is 1.29. The molecule has 0 unspecified atom stereocenters. The lowest BCUT2D eigenvalue weighted by atomic mass is 9.86. The van der Waals surface area contributed by atoms with Crippen molar-refractivity contribution >= 4 is 17.8 Å². The Hall–Kier alpha value is -0.690. The molecule has 0 bridgehead atoms. The summed E-state index contributed by atoms with van der Waals surface area (Å²) < 4.78 is 0. The van der Waals surface area contributed by atoms with Crippen molar-refractivity contribution in [3.63, 3.8) is 0 Å². The SMILES string of the molecule is C=Cc1cc(SC)cc(C(C)(C)C)c1. The molecule has 0 fully saturated rings. The van der Waals surface area contributed by atoms with Crippen molar-refractivity contribution in [1.29, 1.82) is 0 Å². The van der Waals surface area contributed by atoms with Gasteiger partial charge >= 0.3 is 0 Å². The molecule has 0 N–H and O–H groups in total. The van der Waals surface area contributed by atoms with Crippen LogP contribution in [-0.2, 0) is 5.41 Å². The molecule has 0 spiro atoms. The Morgan fingerprint density at radius 2 is 1.86 bits per heavy atom. The molecule has 1 rings (SSSR count). The second kappa shape index (κ2) is 4.22. The minimum absolute atomic E-state index is 0.212. The molecule has 0 heterocycles. The maximum atomic E-state index is 3.82. The van der Waals surface area contributed by atoms with Gasteiger partial charge in [-0.1, -0.05) is 39.5 Å². The smallest absolute Gasteiger partial charge is 0.00780 e. The van der Waals surface area contributed by atoms with Gasteiger partial charge in [-0.25, -0.2) is 0 Å². The van der Waals surface area contributed by atoms with E-state index in [-0.39, 0.29) is 5.41 Å². The van der Waals surface area contributed by atoms with Crippen molar-refractivity contribution in [1.82, 2.24) is 0 Å². The summed E-state index contributed by atoms with van der Waals surface area (Å²) in [5, 5.41) is 0.